The molecule has 1 saturated heterocycles. The fourth-order valence-corrected chi connectivity index (χ4v) is 4.96. The summed E-state index contributed by atoms with van der Waals surface area (Å²) < 4.78 is 30.1. The summed E-state index contributed by atoms with van der Waals surface area (Å²) in [6.07, 6.45) is 0.130. The van der Waals surface area contributed by atoms with Gasteiger partial charge in [-0.05, 0) is 37.6 Å². The molecule has 2 aromatic carbocycles. The van der Waals surface area contributed by atoms with Crippen LogP contribution >= 0.6 is 12.4 Å². The summed E-state index contributed by atoms with van der Waals surface area (Å²) >= 11 is 0. The number of hydrogen-bond acceptors (Lipinski definition) is 5. The second kappa shape index (κ2) is 12.9. The van der Waals surface area contributed by atoms with Crippen molar-refractivity contribution < 1.29 is 33.4 Å². The largest absolute Gasteiger partial charge is 0.478 e. The topological polar surface area (TPSA) is 110 Å². The zero-order valence-electron chi connectivity index (χ0n) is 21.3. The molecule has 1 fully saturated rings. The first kappa shape index (κ1) is 29.8. The van der Waals surface area contributed by atoms with Crippen LogP contribution in [0.5, 0.6) is 0 Å². The van der Waals surface area contributed by atoms with Crippen molar-refractivity contribution in [2.24, 2.45) is 0 Å². The molecule has 2 aromatic rings. The predicted octanol–water partition coefficient (Wildman–Crippen LogP) is 3.55. The number of amides is 1. The van der Waals surface area contributed by atoms with E-state index in [1.54, 1.807) is 4.90 Å². The van der Waals surface area contributed by atoms with Crippen LogP contribution in [-0.2, 0) is 20.8 Å². The first-order valence-electron chi connectivity index (χ1n) is 12.3. The molecule has 2 heterocycles. The van der Waals surface area contributed by atoms with Crippen LogP contribution in [0.2, 0.25) is 0 Å². The Hall–Kier alpha value is -3.76. The van der Waals surface area contributed by atoms with Crippen LogP contribution in [0, 0.1) is 11.6 Å². The first-order valence-corrected chi connectivity index (χ1v) is 12.3. The first-order chi connectivity index (χ1) is 18.2. The van der Waals surface area contributed by atoms with E-state index >= 15 is 8.78 Å². The molecule has 0 spiro atoms. The van der Waals surface area contributed by atoms with Gasteiger partial charge in [-0.3, -0.25) is 4.79 Å². The molecule has 0 saturated carbocycles. The number of carbonyl (C=O) groups is 3. The van der Waals surface area contributed by atoms with Gasteiger partial charge >= 0.3 is 11.9 Å². The lowest BCUT2D eigenvalue weighted by atomic mass is 9.78. The number of piperazine rings is 1. The Kier molecular flexibility index (Phi) is 9.82. The summed E-state index contributed by atoms with van der Waals surface area (Å²) in [4.78, 5) is 41.9. The predicted molar refractivity (Wildman–Crippen MR) is 142 cm³/mol. The van der Waals surface area contributed by atoms with Gasteiger partial charge in [-0.1, -0.05) is 36.4 Å². The Balaban J connectivity index is 0.00000420. The highest BCUT2D eigenvalue weighted by molar-refractivity contribution is 5.99. The van der Waals surface area contributed by atoms with Gasteiger partial charge in [-0.25, -0.2) is 18.4 Å². The van der Waals surface area contributed by atoms with E-state index in [0.717, 1.165) is 23.8 Å². The summed E-state index contributed by atoms with van der Waals surface area (Å²) in [6, 6.07) is 12.2. The third-order valence-electron chi connectivity index (χ3n) is 6.97. The lowest BCUT2D eigenvalue weighted by Crippen LogP contribution is -2.47. The number of aliphatic carboxylic acids is 2. The number of rotatable bonds is 8. The van der Waals surface area contributed by atoms with Gasteiger partial charge in [0.2, 0.25) is 5.91 Å². The maximum atomic E-state index is 15.0. The van der Waals surface area contributed by atoms with E-state index in [-0.39, 0.29) is 42.5 Å². The summed E-state index contributed by atoms with van der Waals surface area (Å²) in [7, 11) is 1.93. The van der Waals surface area contributed by atoms with Crippen molar-refractivity contribution in [2.45, 2.75) is 25.2 Å². The zero-order valence-corrected chi connectivity index (χ0v) is 22.1. The van der Waals surface area contributed by atoms with E-state index in [0.29, 0.717) is 32.6 Å². The molecule has 2 aliphatic rings. The van der Waals surface area contributed by atoms with Gasteiger partial charge < -0.3 is 25.3 Å². The molecule has 0 bridgehead atoms. The lowest BCUT2D eigenvalue weighted by Gasteiger charge is -2.35. The Morgan fingerprint density at radius 2 is 1.41 bits per heavy atom. The standard InChI is InChI=1S/C28H29F2N3O5.ClH/c1-32-12-14-33(15-13-32)22(34)16-21-25(28(37)38)26(23-18(29)8-5-9-19(23)30)24(27(35)36)20(31-21)11-10-17-6-3-2-4-7-17;/h2-9,26,31H,10-16H2,1H3,(H,35,36)(H,37,38);1H. The normalized spacial score (nSPS) is 17.9. The minimum absolute atomic E-state index is 0. The highest BCUT2D eigenvalue weighted by atomic mass is 35.5. The Morgan fingerprint density at radius 1 is 0.846 bits per heavy atom. The van der Waals surface area contributed by atoms with Crippen molar-refractivity contribution in [1.29, 1.82) is 0 Å². The number of benzene rings is 2. The average Bonchev–Trinajstić information content (AvgIpc) is 2.87. The maximum Gasteiger partial charge on any atom is 0.334 e. The van der Waals surface area contributed by atoms with Gasteiger partial charge in [0.05, 0.1) is 23.5 Å². The van der Waals surface area contributed by atoms with Gasteiger partial charge in [0.25, 0.3) is 0 Å². The number of halogens is 3. The zero-order chi connectivity index (χ0) is 27.4. The molecule has 0 aromatic heterocycles. The van der Waals surface area contributed by atoms with E-state index < -0.39 is 46.2 Å². The number of carboxylic acid groups (broad SMARTS) is 2. The molecular formula is C28H30ClF2N3O5. The second-order valence-electron chi connectivity index (χ2n) is 9.43. The fourth-order valence-electron chi connectivity index (χ4n) is 4.96. The molecule has 39 heavy (non-hydrogen) atoms. The number of carbonyl (C=O) groups excluding carboxylic acids is 1. The van der Waals surface area contributed by atoms with Crippen molar-refractivity contribution in [3.05, 3.63) is 93.8 Å². The van der Waals surface area contributed by atoms with E-state index in [1.807, 2.05) is 37.4 Å². The van der Waals surface area contributed by atoms with E-state index in [9.17, 15) is 24.6 Å². The average molecular weight is 562 g/mol. The number of likely N-dealkylation sites (N-methyl/N-ethyl adjacent to an activating group) is 1. The van der Waals surface area contributed by atoms with E-state index in [2.05, 4.69) is 10.2 Å². The number of allylic oxidation sites excluding steroid dienone is 1. The van der Waals surface area contributed by atoms with Crippen molar-refractivity contribution in [2.75, 3.05) is 33.2 Å². The quantitative estimate of drug-likeness (QED) is 0.452. The SMILES string of the molecule is CN1CCN(C(=O)CC2=C(C(=O)O)C(c3c(F)cccc3F)C(C(=O)O)=C(CCc3ccccc3)N2)CC1.Cl. The molecule has 0 aliphatic carbocycles. The molecule has 2 aliphatic heterocycles. The molecule has 11 heteroatoms. The summed E-state index contributed by atoms with van der Waals surface area (Å²) in [5, 5.41) is 23.3. The summed E-state index contributed by atoms with van der Waals surface area (Å²) in [5.74, 6) is -7.31. The minimum atomic E-state index is -1.76. The second-order valence-corrected chi connectivity index (χ2v) is 9.43. The Morgan fingerprint density at radius 3 is 1.97 bits per heavy atom. The van der Waals surface area contributed by atoms with Gasteiger partial charge in [-0.2, -0.15) is 0 Å². The van der Waals surface area contributed by atoms with Crippen LogP contribution in [0.15, 0.2) is 71.1 Å². The van der Waals surface area contributed by atoms with Crippen molar-refractivity contribution in [3.8, 4) is 0 Å². The Labute approximate surface area is 231 Å². The highest BCUT2D eigenvalue weighted by Gasteiger charge is 2.41. The van der Waals surface area contributed by atoms with Crippen molar-refractivity contribution in [1.82, 2.24) is 15.1 Å². The molecule has 8 nitrogen and oxygen atoms in total. The molecule has 208 valence electrons. The van der Waals surface area contributed by atoms with Crippen molar-refractivity contribution >= 4 is 30.3 Å². The molecule has 3 N–H and O–H groups in total. The number of carboxylic acids is 2. The molecule has 1 amide bonds. The maximum absolute atomic E-state index is 15.0. The van der Waals surface area contributed by atoms with Gasteiger partial charge in [0, 0.05) is 43.1 Å². The number of hydrogen-bond donors (Lipinski definition) is 3. The fraction of sp³-hybridized carbons (Fsp3) is 0.321. The van der Waals surface area contributed by atoms with Crippen LogP contribution in [0.1, 0.15) is 29.9 Å². The van der Waals surface area contributed by atoms with Crippen LogP contribution in [-0.4, -0.2) is 71.1 Å². The van der Waals surface area contributed by atoms with Gasteiger partial charge in [0.15, 0.2) is 0 Å². The number of nitrogens with one attached hydrogen (secondary N) is 1. The monoisotopic (exact) mass is 561 g/mol. The molecular weight excluding hydrogens is 532 g/mol. The van der Waals surface area contributed by atoms with Gasteiger partial charge in [-0.15, -0.1) is 12.4 Å². The molecule has 1 atom stereocenters. The molecule has 4 rings (SSSR count). The Bertz CT molecular complexity index is 1290. The highest BCUT2D eigenvalue weighted by Crippen LogP contribution is 2.42. The van der Waals surface area contributed by atoms with Crippen LogP contribution < -0.4 is 5.32 Å². The number of aryl methyl sites for hydroxylation is 1. The lowest BCUT2D eigenvalue weighted by molar-refractivity contribution is -0.133. The molecule has 1 unspecified atom stereocenters. The van der Waals surface area contributed by atoms with E-state index in [1.165, 1.54) is 0 Å². The van der Waals surface area contributed by atoms with Crippen LogP contribution in [0.25, 0.3) is 0 Å². The van der Waals surface area contributed by atoms with Crippen LogP contribution in [0.4, 0.5) is 8.78 Å². The third-order valence-corrected chi connectivity index (χ3v) is 6.97. The van der Waals surface area contributed by atoms with Crippen LogP contribution in [0.3, 0.4) is 0 Å². The summed E-state index contributed by atoms with van der Waals surface area (Å²) in [6.45, 7) is 2.21. The van der Waals surface area contributed by atoms with E-state index in [4.69, 9.17) is 0 Å². The summed E-state index contributed by atoms with van der Waals surface area (Å²) in [5.41, 5.74) is -0.758. The molecule has 0 radical (unpaired) electrons. The van der Waals surface area contributed by atoms with Gasteiger partial charge in [0.1, 0.15) is 11.6 Å². The minimum Gasteiger partial charge on any atom is -0.478 e. The number of dihydropyridines is 1. The third kappa shape index (κ3) is 6.63. The van der Waals surface area contributed by atoms with Crippen molar-refractivity contribution in [3.63, 3.8) is 0 Å². The smallest absolute Gasteiger partial charge is 0.334 e. The number of nitrogens with zero attached hydrogens (tertiary/aromatic N) is 2.